The van der Waals surface area contributed by atoms with Gasteiger partial charge in [-0.1, -0.05) is 25.1 Å². The van der Waals surface area contributed by atoms with Crippen molar-refractivity contribution < 1.29 is 9.21 Å². The van der Waals surface area contributed by atoms with E-state index in [0.29, 0.717) is 11.7 Å². The lowest BCUT2D eigenvalue weighted by molar-refractivity contribution is 0.0881. The summed E-state index contributed by atoms with van der Waals surface area (Å²) < 4.78 is 5.61. The van der Waals surface area contributed by atoms with Crippen molar-refractivity contribution in [1.82, 2.24) is 5.32 Å². The third-order valence-corrected chi connectivity index (χ3v) is 3.52. The summed E-state index contributed by atoms with van der Waals surface area (Å²) in [6.07, 6.45) is 0. The predicted octanol–water partition coefficient (Wildman–Crippen LogP) is 2.47. The molecule has 1 fully saturated rings. The Labute approximate surface area is 99.8 Å². The van der Waals surface area contributed by atoms with Crippen LogP contribution in [0.4, 0.5) is 0 Å². The molecule has 1 aliphatic rings. The van der Waals surface area contributed by atoms with Crippen molar-refractivity contribution in [2.75, 3.05) is 13.1 Å². The van der Waals surface area contributed by atoms with Gasteiger partial charge in [-0.25, -0.2) is 0 Å². The summed E-state index contributed by atoms with van der Waals surface area (Å²) >= 11 is 0. The molecule has 0 spiro atoms. The van der Waals surface area contributed by atoms with Gasteiger partial charge in [0, 0.05) is 17.8 Å². The van der Waals surface area contributed by atoms with Gasteiger partial charge in [0.05, 0.1) is 0 Å². The Balaban J connectivity index is 1.95. The first-order valence-electron chi connectivity index (χ1n) is 5.99. The van der Waals surface area contributed by atoms with Crippen LogP contribution < -0.4 is 5.32 Å². The molecule has 0 saturated carbocycles. The second-order valence-corrected chi connectivity index (χ2v) is 4.75. The topological polar surface area (TPSA) is 42.2 Å². The molecule has 2 atom stereocenters. The Morgan fingerprint density at radius 3 is 2.88 bits per heavy atom. The molecule has 0 aliphatic carbocycles. The van der Waals surface area contributed by atoms with Crippen molar-refractivity contribution in [3.8, 4) is 0 Å². The lowest BCUT2D eigenvalue weighted by atomic mass is 9.92. The largest absolute Gasteiger partial charge is 0.453 e. The van der Waals surface area contributed by atoms with Crippen molar-refractivity contribution >= 4 is 16.8 Å². The highest BCUT2D eigenvalue weighted by Gasteiger charge is 2.31. The molecule has 1 N–H and O–H groups in total. The SMILES string of the molecule is CC1CNCC1C(=O)c1cc2ccccc2o1. The molecule has 17 heavy (non-hydrogen) atoms. The highest BCUT2D eigenvalue weighted by Crippen LogP contribution is 2.25. The lowest BCUT2D eigenvalue weighted by Crippen LogP contribution is -2.20. The van der Waals surface area contributed by atoms with Crippen LogP contribution in [-0.2, 0) is 0 Å². The van der Waals surface area contributed by atoms with E-state index in [0.717, 1.165) is 24.1 Å². The molecule has 3 heteroatoms. The zero-order valence-corrected chi connectivity index (χ0v) is 9.77. The van der Waals surface area contributed by atoms with Gasteiger partial charge in [-0.15, -0.1) is 0 Å². The summed E-state index contributed by atoms with van der Waals surface area (Å²) in [5, 5.41) is 4.24. The molecule has 1 saturated heterocycles. The lowest BCUT2D eigenvalue weighted by Gasteiger charge is -2.10. The molecular weight excluding hydrogens is 214 g/mol. The van der Waals surface area contributed by atoms with Crippen LogP contribution in [0.5, 0.6) is 0 Å². The van der Waals surface area contributed by atoms with Gasteiger partial charge in [0.25, 0.3) is 0 Å². The van der Waals surface area contributed by atoms with E-state index in [1.54, 1.807) is 0 Å². The minimum Gasteiger partial charge on any atom is -0.453 e. The van der Waals surface area contributed by atoms with Gasteiger partial charge < -0.3 is 9.73 Å². The van der Waals surface area contributed by atoms with E-state index in [4.69, 9.17) is 4.42 Å². The number of benzene rings is 1. The van der Waals surface area contributed by atoms with Crippen LogP contribution in [-0.4, -0.2) is 18.9 Å². The van der Waals surface area contributed by atoms with Crippen molar-refractivity contribution in [2.45, 2.75) is 6.92 Å². The number of carbonyl (C=O) groups excluding carboxylic acids is 1. The van der Waals surface area contributed by atoms with Crippen LogP contribution in [0.1, 0.15) is 17.5 Å². The first-order chi connectivity index (χ1) is 8.25. The number of Topliss-reactive ketones (excluding diaryl/α,β-unsaturated/α-hetero) is 1. The average Bonchev–Trinajstić information content (AvgIpc) is 2.93. The van der Waals surface area contributed by atoms with Crippen molar-refractivity contribution in [3.05, 3.63) is 36.1 Å². The fourth-order valence-corrected chi connectivity index (χ4v) is 2.45. The summed E-state index contributed by atoms with van der Waals surface area (Å²) in [5.41, 5.74) is 0.787. The summed E-state index contributed by atoms with van der Waals surface area (Å²) in [6.45, 7) is 3.78. The maximum absolute atomic E-state index is 12.3. The maximum Gasteiger partial charge on any atom is 0.202 e. The van der Waals surface area contributed by atoms with E-state index in [9.17, 15) is 4.79 Å². The van der Waals surface area contributed by atoms with E-state index in [2.05, 4.69) is 12.2 Å². The normalized spacial score (nSPS) is 24.3. The number of hydrogen-bond donors (Lipinski definition) is 1. The molecule has 1 aromatic carbocycles. The number of carbonyl (C=O) groups is 1. The number of hydrogen-bond acceptors (Lipinski definition) is 3. The second kappa shape index (κ2) is 4.00. The highest BCUT2D eigenvalue weighted by atomic mass is 16.3. The summed E-state index contributed by atoms with van der Waals surface area (Å²) in [4.78, 5) is 12.3. The molecule has 0 bridgehead atoms. The van der Waals surface area contributed by atoms with Crippen LogP contribution in [0.2, 0.25) is 0 Å². The second-order valence-electron chi connectivity index (χ2n) is 4.75. The minimum absolute atomic E-state index is 0.0514. The molecule has 0 radical (unpaired) electrons. The van der Waals surface area contributed by atoms with E-state index >= 15 is 0 Å². The fourth-order valence-electron chi connectivity index (χ4n) is 2.45. The van der Waals surface area contributed by atoms with E-state index in [1.807, 2.05) is 30.3 Å². The highest BCUT2D eigenvalue weighted by molar-refractivity contribution is 5.99. The smallest absolute Gasteiger partial charge is 0.202 e. The molecule has 1 aromatic heterocycles. The molecular formula is C14H15NO2. The fraction of sp³-hybridized carbons (Fsp3) is 0.357. The Kier molecular flexibility index (Phi) is 2.48. The van der Waals surface area contributed by atoms with Crippen LogP contribution in [0.3, 0.4) is 0 Å². The number of furan rings is 1. The van der Waals surface area contributed by atoms with Gasteiger partial charge in [0.2, 0.25) is 5.78 Å². The van der Waals surface area contributed by atoms with Gasteiger partial charge in [-0.3, -0.25) is 4.79 Å². The third-order valence-electron chi connectivity index (χ3n) is 3.52. The van der Waals surface area contributed by atoms with Crippen LogP contribution in [0.25, 0.3) is 11.0 Å². The number of para-hydroxylation sites is 1. The summed E-state index contributed by atoms with van der Waals surface area (Å²) in [7, 11) is 0. The average molecular weight is 229 g/mol. The Hall–Kier alpha value is -1.61. The first kappa shape index (κ1) is 10.5. The van der Waals surface area contributed by atoms with Crippen LogP contribution in [0.15, 0.2) is 34.7 Å². The monoisotopic (exact) mass is 229 g/mol. The van der Waals surface area contributed by atoms with Gasteiger partial charge >= 0.3 is 0 Å². The summed E-state index contributed by atoms with van der Waals surface area (Å²) in [6, 6.07) is 9.57. The zero-order valence-electron chi connectivity index (χ0n) is 9.77. The van der Waals surface area contributed by atoms with Crippen LogP contribution >= 0.6 is 0 Å². The van der Waals surface area contributed by atoms with Crippen molar-refractivity contribution in [2.24, 2.45) is 11.8 Å². The van der Waals surface area contributed by atoms with Gasteiger partial charge in [0.15, 0.2) is 5.76 Å². The number of rotatable bonds is 2. The Morgan fingerprint density at radius 1 is 1.35 bits per heavy atom. The Morgan fingerprint density at radius 2 is 2.18 bits per heavy atom. The minimum atomic E-state index is 0.0514. The van der Waals surface area contributed by atoms with Gasteiger partial charge in [-0.2, -0.15) is 0 Å². The maximum atomic E-state index is 12.3. The molecule has 0 amide bonds. The number of ketones is 1. The third kappa shape index (κ3) is 1.76. The molecule has 2 heterocycles. The van der Waals surface area contributed by atoms with Crippen molar-refractivity contribution in [3.63, 3.8) is 0 Å². The molecule has 88 valence electrons. The molecule has 3 nitrogen and oxygen atoms in total. The van der Waals surface area contributed by atoms with Gasteiger partial charge in [0.1, 0.15) is 5.58 Å². The number of fused-ring (bicyclic) bond motifs is 1. The molecule has 2 unspecified atom stereocenters. The van der Waals surface area contributed by atoms with E-state index in [-0.39, 0.29) is 11.7 Å². The van der Waals surface area contributed by atoms with Crippen molar-refractivity contribution in [1.29, 1.82) is 0 Å². The predicted molar refractivity (Wildman–Crippen MR) is 66.1 cm³/mol. The first-order valence-corrected chi connectivity index (χ1v) is 5.99. The summed E-state index contributed by atoms with van der Waals surface area (Å²) in [5.74, 6) is 1.05. The van der Waals surface area contributed by atoms with E-state index in [1.165, 1.54) is 0 Å². The molecule has 3 rings (SSSR count). The van der Waals surface area contributed by atoms with E-state index < -0.39 is 0 Å². The number of nitrogens with one attached hydrogen (secondary N) is 1. The Bertz CT molecular complexity index is 525. The molecule has 2 aromatic rings. The molecule has 1 aliphatic heterocycles. The standard InChI is InChI=1S/C14H15NO2/c1-9-7-15-8-11(9)14(16)13-6-10-4-2-3-5-12(10)17-13/h2-6,9,11,15H,7-8H2,1H3. The van der Waals surface area contributed by atoms with Gasteiger partial charge in [-0.05, 0) is 24.6 Å². The zero-order chi connectivity index (χ0) is 11.8. The quantitative estimate of drug-likeness (QED) is 0.804. The van der Waals surface area contributed by atoms with Crippen LogP contribution in [0, 0.1) is 11.8 Å².